The first kappa shape index (κ1) is 20.3. The van der Waals surface area contributed by atoms with Gasteiger partial charge >= 0.3 is 0 Å². The Balaban J connectivity index is 1.56. The number of aromatic amines is 1. The number of nitrogens with one attached hydrogen (secondary N) is 2. The number of halogens is 1. The van der Waals surface area contributed by atoms with Crippen molar-refractivity contribution in [1.82, 2.24) is 19.9 Å². The molecule has 0 aliphatic heterocycles. The Hall–Kier alpha value is -3.03. The molecule has 2 aromatic heterocycles. The summed E-state index contributed by atoms with van der Waals surface area (Å²) in [6.45, 7) is 2.29. The number of aromatic nitrogens is 3. The summed E-state index contributed by atoms with van der Waals surface area (Å²) in [7, 11) is 0. The molecule has 152 valence electrons. The van der Waals surface area contributed by atoms with E-state index in [1.807, 2.05) is 55.5 Å². The number of amides is 1. The zero-order chi connectivity index (χ0) is 21.1. The Morgan fingerprint density at radius 2 is 1.90 bits per heavy atom. The Labute approximate surface area is 182 Å². The van der Waals surface area contributed by atoms with Gasteiger partial charge in [-0.3, -0.25) is 14.2 Å². The number of nitrogens with zero attached hydrogens (tertiary/aromatic N) is 2. The molecule has 0 aliphatic carbocycles. The molecule has 0 saturated carbocycles. The minimum Gasteiger partial charge on any atom is -0.353 e. The molecular formula is C22H19ClN4O2S. The number of fused-ring (bicyclic) bond motifs is 1. The second-order valence-corrected chi connectivity index (χ2v) is 8.15. The highest BCUT2D eigenvalue weighted by Crippen LogP contribution is 2.21. The average Bonchev–Trinajstić information content (AvgIpc) is 3.13. The summed E-state index contributed by atoms with van der Waals surface area (Å²) in [4.78, 5) is 33.2. The van der Waals surface area contributed by atoms with E-state index in [1.165, 1.54) is 16.3 Å². The third-order valence-corrected chi connectivity index (χ3v) is 5.70. The number of thioether (sulfide) groups is 1. The van der Waals surface area contributed by atoms with Gasteiger partial charge in [0.2, 0.25) is 5.91 Å². The van der Waals surface area contributed by atoms with Crippen LogP contribution in [0.2, 0.25) is 5.02 Å². The standard InChI is InChI=1S/C22H19ClN4O2S/c1-14-11-18-20(25-14)21(29)27(17-5-3-2-4-6-17)22(26-18)30-13-19(28)24-12-15-7-9-16(23)10-8-15/h2-11,25H,12-13H2,1H3,(H,24,28). The molecule has 0 spiro atoms. The van der Waals surface area contributed by atoms with Crippen LogP contribution in [0.15, 0.2) is 70.6 Å². The van der Waals surface area contributed by atoms with Crippen LogP contribution >= 0.6 is 23.4 Å². The SMILES string of the molecule is Cc1cc2nc(SCC(=O)NCc3ccc(Cl)cc3)n(-c3ccccc3)c(=O)c2[nH]1. The van der Waals surface area contributed by atoms with Crippen molar-refractivity contribution in [2.75, 3.05) is 5.75 Å². The van der Waals surface area contributed by atoms with Gasteiger partial charge in [0, 0.05) is 17.3 Å². The largest absolute Gasteiger partial charge is 0.353 e. The maximum Gasteiger partial charge on any atom is 0.283 e. The van der Waals surface area contributed by atoms with Gasteiger partial charge in [-0.05, 0) is 42.8 Å². The third kappa shape index (κ3) is 4.42. The Kier molecular flexibility index (Phi) is 5.92. The highest BCUT2D eigenvalue weighted by molar-refractivity contribution is 7.99. The van der Waals surface area contributed by atoms with E-state index in [0.29, 0.717) is 33.4 Å². The van der Waals surface area contributed by atoms with Crippen LogP contribution in [0, 0.1) is 6.92 Å². The molecule has 0 saturated heterocycles. The first-order valence-electron chi connectivity index (χ1n) is 9.33. The topological polar surface area (TPSA) is 79.8 Å². The highest BCUT2D eigenvalue weighted by atomic mass is 35.5. The number of carbonyl (C=O) groups excluding carboxylic acids is 1. The molecule has 0 aliphatic rings. The lowest BCUT2D eigenvalue weighted by atomic mass is 10.2. The summed E-state index contributed by atoms with van der Waals surface area (Å²) in [5.41, 5.74) is 3.37. The lowest BCUT2D eigenvalue weighted by Crippen LogP contribution is -2.26. The molecule has 4 rings (SSSR count). The van der Waals surface area contributed by atoms with Crippen molar-refractivity contribution in [1.29, 1.82) is 0 Å². The van der Waals surface area contributed by atoms with Crippen LogP contribution in [0.1, 0.15) is 11.3 Å². The van der Waals surface area contributed by atoms with Crippen LogP contribution in [0.3, 0.4) is 0 Å². The molecule has 8 heteroatoms. The molecule has 30 heavy (non-hydrogen) atoms. The summed E-state index contributed by atoms with van der Waals surface area (Å²) in [6, 6.07) is 18.4. The maximum absolute atomic E-state index is 13.1. The van der Waals surface area contributed by atoms with Crippen molar-refractivity contribution in [3.63, 3.8) is 0 Å². The first-order valence-corrected chi connectivity index (χ1v) is 10.7. The van der Waals surface area contributed by atoms with Gasteiger partial charge in [-0.25, -0.2) is 4.98 Å². The van der Waals surface area contributed by atoms with Crippen molar-refractivity contribution < 1.29 is 4.79 Å². The second-order valence-electron chi connectivity index (χ2n) is 6.77. The van der Waals surface area contributed by atoms with E-state index >= 15 is 0 Å². The molecule has 0 atom stereocenters. The molecule has 4 aromatic rings. The fraction of sp³-hybridized carbons (Fsp3) is 0.136. The van der Waals surface area contributed by atoms with E-state index in [0.717, 1.165) is 11.3 Å². The number of hydrogen-bond acceptors (Lipinski definition) is 4. The molecule has 6 nitrogen and oxygen atoms in total. The average molecular weight is 439 g/mol. The van der Waals surface area contributed by atoms with Gasteiger partial charge in [0.05, 0.1) is 17.0 Å². The molecule has 2 heterocycles. The fourth-order valence-electron chi connectivity index (χ4n) is 3.06. The van der Waals surface area contributed by atoms with E-state index in [1.54, 1.807) is 12.1 Å². The molecule has 1 amide bonds. The smallest absolute Gasteiger partial charge is 0.283 e. The normalized spacial score (nSPS) is 11.0. The van der Waals surface area contributed by atoms with E-state index < -0.39 is 0 Å². The van der Waals surface area contributed by atoms with Crippen molar-refractivity contribution in [2.45, 2.75) is 18.6 Å². The number of benzene rings is 2. The number of H-pyrrole nitrogens is 1. The van der Waals surface area contributed by atoms with Crippen LogP contribution < -0.4 is 10.9 Å². The van der Waals surface area contributed by atoms with Crippen LogP contribution in [-0.2, 0) is 11.3 Å². The predicted octanol–water partition coefficient (Wildman–Crippen LogP) is 4.08. The number of rotatable bonds is 6. The lowest BCUT2D eigenvalue weighted by molar-refractivity contribution is -0.118. The van der Waals surface area contributed by atoms with Crippen LogP contribution in [-0.4, -0.2) is 26.2 Å². The maximum atomic E-state index is 13.1. The summed E-state index contributed by atoms with van der Waals surface area (Å²) in [5.74, 6) is -0.00365. The van der Waals surface area contributed by atoms with Crippen molar-refractivity contribution >= 4 is 40.3 Å². The van der Waals surface area contributed by atoms with Crippen molar-refractivity contribution in [2.24, 2.45) is 0 Å². The fourth-order valence-corrected chi connectivity index (χ4v) is 4.03. The minimum absolute atomic E-state index is 0.141. The van der Waals surface area contributed by atoms with Crippen LogP contribution in [0.4, 0.5) is 0 Å². The van der Waals surface area contributed by atoms with E-state index in [2.05, 4.69) is 15.3 Å². The van der Waals surface area contributed by atoms with Gasteiger partial charge in [0.15, 0.2) is 5.16 Å². The number of carbonyl (C=O) groups is 1. The first-order chi connectivity index (χ1) is 14.5. The van der Waals surface area contributed by atoms with Gasteiger partial charge in [-0.2, -0.15) is 0 Å². The van der Waals surface area contributed by atoms with Crippen molar-refractivity contribution in [3.05, 3.63) is 87.3 Å². The zero-order valence-corrected chi connectivity index (χ0v) is 17.8. The second kappa shape index (κ2) is 8.77. The predicted molar refractivity (Wildman–Crippen MR) is 120 cm³/mol. The van der Waals surface area contributed by atoms with E-state index in [-0.39, 0.29) is 17.2 Å². The molecule has 2 aromatic carbocycles. The lowest BCUT2D eigenvalue weighted by Gasteiger charge is -2.12. The van der Waals surface area contributed by atoms with Gasteiger partial charge in [0.25, 0.3) is 5.56 Å². The molecule has 0 bridgehead atoms. The molecular weight excluding hydrogens is 420 g/mol. The van der Waals surface area contributed by atoms with E-state index in [4.69, 9.17) is 11.6 Å². The molecule has 0 radical (unpaired) electrons. The van der Waals surface area contributed by atoms with E-state index in [9.17, 15) is 9.59 Å². The Morgan fingerprint density at radius 1 is 1.17 bits per heavy atom. The van der Waals surface area contributed by atoms with Crippen LogP contribution in [0.5, 0.6) is 0 Å². The van der Waals surface area contributed by atoms with Gasteiger partial charge < -0.3 is 10.3 Å². The van der Waals surface area contributed by atoms with Crippen LogP contribution in [0.25, 0.3) is 16.7 Å². The number of para-hydroxylation sites is 1. The third-order valence-electron chi connectivity index (χ3n) is 4.51. The quantitative estimate of drug-likeness (QED) is 0.351. The molecule has 0 fully saturated rings. The Bertz CT molecular complexity index is 1250. The highest BCUT2D eigenvalue weighted by Gasteiger charge is 2.16. The summed E-state index contributed by atoms with van der Waals surface area (Å²) < 4.78 is 1.54. The zero-order valence-electron chi connectivity index (χ0n) is 16.2. The van der Waals surface area contributed by atoms with Gasteiger partial charge in [0.1, 0.15) is 5.52 Å². The summed E-state index contributed by atoms with van der Waals surface area (Å²) in [5, 5.41) is 4.00. The number of aryl methyl sites for hydroxylation is 1. The summed E-state index contributed by atoms with van der Waals surface area (Å²) in [6.07, 6.45) is 0. The van der Waals surface area contributed by atoms with Gasteiger partial charge in [-0.1, -0.05) is 53.7 Å². The minimum atomic E-state index is -0.191. The molecule has 2 N–H and O–H groups in total. The Morgan fingerprint density at radius 3 is 2.63 bits per heavy atom. The molecule has 0 unspecified atom stereocenters. The summed E-state index contributed by atoms with van der Waals surface area (Å²) >= 11 is 7.12. The van der Waals surface area contributed by atoms with Crippen molar-refractivity contribution in [3.8, 4) is 5.69 Å². The van der Waals surface area contributed by atoms with Gasteiger partial charge in [-0.15, -0.1) is 0 Å². The monoisotopic (exact) mass is 438 g/mol. The number of hydrogen-bond donors (Lipinski definition) is 2.